The fourth-order valence-electron chi connectivity index (χ4n) is 1.83. The summed E-state index contributed by atoms with van der Waals surface area (Å²) in [6.45, 7) is 0. The van der Waals surface area contributed by atoms with Gasteiger partial charge in [-0.2, -0.15) is 0 Å². The number of phosphoric acid groups is 1. The number of hydrogen-bond acceptors (Lipinski definition) is 4. The van der Waals surface area contributed by atoms with Crippen LogP contribution < -0.4 is 14.9 Å². The van der Waals surface area contributed by atoms with Gasteiger partial charge in [0.05, 0.1) is 0 Å². The molecule has 0 aliphatic heterocycles. The normalized spacial score (nSPS) is 10.3. The van der Waals surface area contributed by atoms with Gasteiger partial charge in [-0.3, -0.25) is 0 Å². The van der Waals surface area contributed by atoms with Crippen molar-refractivity contribution < 1.29 is 28.9 Å². The summed E-state index contributed by atoms with van der Waals surface area (Å²) in [7, 11) is -4.64. The molecule has 0 atom stereocenters. The van der Waals surface area contributed by atoms with Crippen molar-refractivity contribution in [2.45, 2.75) is 0 Å². The van der Waals surface area contributed by atoms with Gasteiger partial charge in [0.15, 0.2) is 11.5 Å². The highest BCUT2D eigenvalue weighted by molar-refractivity contribution is 7.45. The van der Waals surface area contributed by atoms with E-state index in [9.17, 15) is 0 Å². The van der Waals surface area contributed by atoms with Crippen molar-refractivity contribution in [1.29, 1.82) is 0 Å². The summed E-state index contributed by atoms with van der Waals surface area (Å²) in [6.07, 6.45) is 0. The predicted molar refractivity (Wildman–Crippen MR) is 97.3 cm³/mol. The number of para-hydroxylation sites is 3. The van der Waals surface area contributed by atoms with E-state index in [1.807, 2.05) is 91.0 Å². The van der Waals surface area contributed by atoms with Gasteiger partial charge in [0.1, 0.15) is 5.69 Å². The first-order valence-corrected chi connectivity index (χ1v) is 9.08. The fraction of sp³-hybridized carbons (Fsp3) is 0. The zero-order chi connectivity index (χ0) is 18.8. The second-order valence-electron chi connectivity index (χ2n) is 4.91. The van der Waals surface area contributed by atoms with Crippen LogP contribution in [0.5, 0.6) is 11.5 Å². The molecule has 0 saturated heterocycles. The molecule has 0 radical (unpaired) electrons. The minimum atomic E-state index is -4.64. The molecule has 0 saturated carbocycles. The predicted octanol–water partition coefficient (Wildman–Crippen LogP) is 3.55. The second kappa shape index (κ2) is 9.60. The largest absolute Gasteiger partial charge is 0.466 e. The minimum Gasteiger partial charge on any atom is -0.345 e. The van der Waals surface area contributed by atoms with Crippen LogP contribution in [0, 0.1) is 0 Å². The summed E-state index contributed by atoms with van der Waals surface area (Å²) in [5, 5.41) is 1.41. The molecule has 0 amide bonds. The van der Waals surface area contributed by atoms with Crippen LogP contribution in [0.2, 0.25) is 0 Å². The van der Waals surface area contributed by atoms with E-state index in [2.05, 4.69) is 0 Å². The highest BCUT2D eigenvalue weighted by atomic mass is 31.2. The van der Waals surface area contributed by atoms with Crippen molar-refractivity contribution in [1.82, 2.24) is 0 Å². The van der Waals surface area contributed by atoms with Gasteiger partial charge in [0, 0.05) is 0 Å². The molecule has 7 nitrogen and oxygen atoms in total. The first kappa shape index (κ1) is 19.5. The second-order valence-corrected chi connectivity index (χ2v) is 5.94. The van der Waals surface area contributed by atoms with Crippen LogP contribution in [0.3, 0.4) is 0 Å². The van der Waals surface area contributed by atoms with E-state index in [0.717, 1.165) is 5.69 Å². The van der Waals surface area contributed by atoms with Crippen LogP contribution in [0.4, 0.5) is 5.69 Å². The third-order valence-electron chi connectivity index (χ3n) is 2.83. The van der Waals surface area contributed by atoms with Crippen LogP contribution in [-0.4, -0.2) is 14.7 Å². The van der Waals surface area contributed by atoms with Gasteiger partial charge in [-0.25, -0.2) is 4.57 Å². The molecule has 0 heterocycles. The molecule has 0 aliphatic carbocycles. The van der Waals surface area contributed by atoms with Gasteiger partial charge in [-0.05, 0) is 41.6 Å². The molecule has 0 fully saturated rings. The van der Waals surface area contributed by atoms with Crippen LogP contribution >= 0.6 is 7.82 Å². The molecule has 0 aliphatic rings. The summed E-state index contributed by atoms with van der Waals surface area (Å²) in [6, 6.07) is 28.7. The first-order valence-electron chi connectivity index (χ1n) is 7.51. The van der Waals surface area contributed by atoms with E-state index in [-0.39, 0.29) is 0 Å². The maximum Gasteiger partial charge on any atom is 0.466 e. The maximum absolute atomic E-state index is 8.88. The van der Waals surface area contributed by atoms with Gasteiger partial charge in [0.25, 0.3) is 0 Å². The summed E-state index contributed by atoms with van der Waals surface area (Å²) in [5.41, 5.74) is 0.810. The summed E-state index contributed by atoms with van der Waals surface area (Å²) in [4.78, 5) is 33.2. The average Bonchev–Trinajstić information content (AvgIpc) is 2.62. The molecular formula is C18H18NO6P. The summed E-state index contributed by atoms with van der Waals surface area (Å²) < 4.78 is 8.88. The smallest absolute Gasteiger partial charge is 0.345 e. The topological polar surface area (TPSA) is 99.5 Å². The lowest BCUT2D eigenvalue weighted by Gasteiger charge is -2.23. The molecular weight excluding hydrogens is 357 g/mol. The Morgan fingerprint density at radius 3 is 1.27 bits per heavy atom. The van der Waals surface area contributed by atoms with E-state index >= 15 is 0 Å². The number of benzene rings is 3. The third-order valence-corrected chi connectivity index (χ3v) is 2.83. The lowest BCUT2D eigenvalue weighted by molar-refractivity contribution is 0.0729. The Morgan fingerprint density at radius 2 is 0.923 bits per heavy atom. The molecule has 3 aromatic rings. The lowest BCUT2D eigenvalue weighted by Crippen LogP contribution is -2.30. The first-order chi connectivity index (χ1) is 12.4. The van der Waals surface area contributed by atoms with Crippen LogP contribution in [0.1, 0.15) is 0 Å². The number of hydrogen-bond donors (Lipinski definition) is 3. The van der Waals surface area contributed by atoms with Gasteiger partial charge < -0.3 is 24.4 Å². The van der Waals surface area contributed by atoms with Crippen molar-refractivity contribution in [2.75, 3.05) is 5.23 Å². The molecule has 3 aromatic carbocycles. The van der Waals surface area contributed by atoms with E-state index < -0.39 is 7.82 Å². The molecule has 3 rings (SSSR count). The molecule has 26 heavy (non-hydrogen) atoms. The quantitative estimate of drug-likeness (QED) is 0.463. The van der Waals surface area contributed by atoms with Crippen LogP contribution in [0.25, 0.3) is 0 Å². The Kier molecular flexibility index (Phi) is 7.20. The summed E-state index contributed by atoms with van der Waals surface area (Å²) in [5.74, 6) is 1.41. The van der Waals surface area contributed by atoms with Crippen molar-refractivity contribution >= 4 is 13.5 Å². The Labute approximate surface area is 150 Å². The van der Waals surface area contributed by atoms with E-state index in [1.54, 1.807) is 0 Å². The molecule has 8 heteroatoms. The van der Waals surface area contributed by atoms with E-state index in [0.29, 0.717) is 11.5 Å². The number of nitrogens with zero attached hydrogens (tertiary/aromatic N) is 1. The Bertz CT molecular complexity index is 761. The van der Waals surface area contributed by atoms with Crippen molar-refractivity contribution in [3.05, 3.63) is 91.0 Å². The molecule has 0 bridgehead atoms. The minimum absolute atomic E-state index is 0.706. The molecule has 3 N–H and O–H groups in total. The third kappa shape index (κ3) is 7.83. The molecule has 0 unspecified atom stereocenters. The average molecular weight is 375 g/mol. The fourth-order valence-corrected chi connectivity index (χ4v) is 1.83. The van der Waals surface area contributed by atoms with E-state index in [4.69, 9.17) is 28.9 Å². The maximum atomic E-state index is 8.88. The standard InChI is InChI=1S/C18H15NO2.H3O4P/c1-4-10-16(11-5-1)19(20-17-12-6-2-7-13-17)21-18-14-8-3-9-15-18;1-5(2,3)4/h1-15H;(H3,1,2,3,4). The molecule has 0 aromatic heterocycles. The highest BCUT2D eigenvalue weighted by Crippen LogP contribution is 2.25. The monoisotopic (exact) mass is 375 g/mol. The Hall–Kier alpha value is -2.83. The molecule has 136 valence electrons. The van der Waals surface area contributed by atoms with E-state index in [1.165, 1.54) is 5.23 Å². The van der Waals surface area contributed by atoms with Gasteiger partial charge >= 0.3 is 7.82 Å². The van der Waals surface area contributed by atoms with Gasteiger partial charge in [0.2, 0.25) is 0 Å². The Balaban J connectivity index is 0.000000431. The summed E-state index contributed by atoms with van der Waals surface area (Å²) >= 11 is 0. The zero-order valence-electron chi connectivity index (χ0n) is 13.6. The van der Waals surface area contributed by atoms with Crippen LogP contribution in [-0.2, 0) is 4.57 Å². The molecule has 0 spiro atoms. The van der Waals surface area contributed by atoms with Gasteiger partial charge in [-0.15, -0.1) is 0 Å². The number of anilines is 1. The highest BCUT2D eigenvalue weighted by Gasteiger charge is 2.10. The lowest BCUT2D eigenvalue weighted by atomic mass is 10.3. The van der Waals surface area contributed by atoms with Gasteiger partial charge in [-0.1, -0.05) is 54.6 Å². The van der Waals surface area contributed by atoms with Crippen molar-refractivity contribution in [3.63, 3.8) is 0 Å². The van der Waals surface area contributed by atoms with Crippen molar-refractivity contribution in [2.24, 2.45) is 0 Å². The zero-order valence-corrected chi connectivity index (χ0v) is 14.5. The SMILES string of the molecule is O=P(O)(O)O.c1ccc(ON(Oc2ccccc2)c2ccccc2)cc1. The van der Waals surface area contributed by atoms with Crippen molar-refractivity contribution in [3.8, 4) is 11.5 Å². The Morgan fingerprint density at radius 1 is 0.615 bits per heavy atom. The van der Waals surface area contributed by atoms with Crippen LogP contribution in [0.15, 0.2) is 91.0 Å². The number of rotatable bonds is 5.